The van der Waals surface area contributed by atoms with E-state index in [1.807, 2.05) is 32.2 Å². The molecule has 8 heteroatoms. The summed E-state index contributed by atoms with van der Waals surface area (Å²) < 4.78 is 5.15. The highest BCUT2D eigenvalue weighted by atomic mass is 16.5. The summed E-state index contributed by atoms with van der Waals surface area (Å²) in [5.74, 6) is -0.854. The van der Waals surface area contributed by atoms with Crippen molar-refractivity contribution in [3.63, 3.8) is 0 Å². The Hall–Kier alpha value is -2.17. The largest absolute Gasteiger partial charge is 0.396 e. The van der Waals surface area contributed by atoms with E-state index in [4.69, 9.17) is 4.74 Å². The van der Waals surface area contributed by atoms with E-state index in [9.17, 15) is 25.2 Å². The van der Waals surface area contributed by atoms with Crippen LogP contribution in [0.15, 0.2) is 70.9 Å². The van der Waals surface area contributed by atoms with Gasteiger partial charge in [0.15, 0.2) is 0 Å². The van der Waals surface area contributed by atoms with E-state index >= 15 is 0 Å². The minimum Gasteiger partial charge on any atom is -0.396 e. The number of carbonyl (C=O) groups excluding carboxylic acids is 1. The molecule has 2 saturated carbocycles. The lowest BCUT2D eigenvalue weighted by atomic mass is 9.45. The van der Waals surface area contributed by atoms with E-state index in [2.05, 4.69) is 49.3 Å². The molecule has 8 nitrogen and oxygen atoms in total. The number of allylic oxidation sites excluding steroid dienone is 9. The fraction of sp³-hybridized carbons (Fsp3) is 0.667. The van der Waals surface area contributed by atoms with E-state index in [0.29, 0.717) is 50.3 Å². The zero-order valence-corrected chi connectivity index (χ0v) is 29.5. The molecule has 0 saturated heterocycles. The summed E-state index contributed by atoms with van der Waals surface area (Å²) in [7, 11) is 3.58. The first kappa shape index (κ1) is 39.3. The smallest absolute Gasteiger partial charge is 0.145 e. The Labute approximate surface area is 283 Å². The molecule has 0 aliphatic heterocycles. The molecule has 6 N–H and O–H groups in total. The van der Waals surface area contributed by atoms with Gasteiger partial charge in [-0.2, -0.15) is 0 Å². The summed E-state index contributed by atoms with van der Waals surface area (Å²) in [4.78, 5) is 12.2. The van der Waals surface area contributed by atoms with E-state index in [0.717, 1.165) is 55.4 Å². The van der Waals surface area contributed by atoms with Crippen LogP contribution in [0.25, 0.3) is 0 Å². The van der Waals surface area contributed by atoms with Gasteiger partial charge < -0.3 is 35.8 Å². The fourth-order valence-corrected chi connectivity index (χ4v) is 8.61. The average Bonchev–Trinajstić information content (AvgIpc) is 3.40. The third kappa shape index (κ3) is 9.09. The molecule has 0 aromatic rings. The Balaban J connectivity index is 1.81. The van der Waals surface area contributed by atoms with Crippen molar-refractivity contribution < 1.29 is 30.0 Å². The zero-order chi connectivity index (χ0) is 34.6. The van der Waals surface area contributed by atoms with E-state index in [-0.39, 0.29) is 36.9 Å². The van der Waals surface area contributed by atoms with Gasteiger partial charge in [-0.05, 0) is 109 Å². The molecule has 0 heterocycles. The summed E-state index contributed by atoms with van der Waals surface area (Å²) in [6.07, 6.45) is 17.4. The third-order valence-corrected chi connectivity index (χ3v) is 11.1. The van der Waals surface area contributed by atoms with Gasteiger partial charge in [0, 0.05) is 50.2 Å². The van der Waals surface area contributed by atoms with Crippen LogP contribution in [0.4, 0.5) is 0 Å². The number of ether oxygens (including phenoxy) is 1. The predicted octanol–water partition coefficient (Wildman–Crippen LogP) is 4.58. The van der Waals surface area contributed by atoms with Gasteiger partial charge in [0.1, 0.15) is 6.29 Å². The number of aliphatic hydroxyl groups excluding tert-OH is 3. The lowest BCUT2D eigenvalue weighted by Gasteiger charge is -2.61. The second kappa shape index (κ2) is 18.6. The summed E-state index contributed by atoms with van der Waals surface area (Å²) in [6, 6.07) is 0.398. The van der Waals surface area contributed by atoms with Crippen molar-refractivity contribution in [2.45, 2.75) is 89.9 Å². The summed E-state index contributed by atoms with van der Waals surface area (Å²) in [5, 5.41) is 52.2. The van der Waals surface area contributed by atoms with Crippen molar-refractivity contribution in [3.8, 4) is 0 Å². The van der Waals surface area contributed by atoms with Crippen LogP contribution < -0.4 is 10.6 Å². The molecule has 47 heavy (non-hydrogen) atoms. The Kier molecular flexibility index (Phi) is 15.5. The molecule has 264 valence electrons. The Morgan fingerprint density at radius 3 is 2.68 bits per heavy atom. The molecule has 3 aliphatic carbocycles. The molecule has 2 fully saturated rings. The van der Waals surface area contributed by atoms with Crippen molar-refractivity contribution >= 4 is 6.29 Å². The number of aliphatic hydroxyl groups is 4. The van der Waals surface area contributed by atoms with Gasteiger partial charge in [-0.3, -0.25) is 4.79 Å². The molecule has 0 aromatic carbocycles. The van der Waals surface area contributed by atoms with Gasteiger partial charge in [-0.1, -0.05) is 59.8 Å². The van der Waals surface area contributed by atoms with Crippen LogP contribution >= 0.6 is 0 Å². The highest BCUT2D eigenvalue weighted by molar-refractivity contribution is 5.74. The molecule has 0 amide bonds. The van der Waals surface area contributed by atoms with Crippen LogP contribution in [0.1, 0.15) is 72.1 Å². The van der Waals surface area contributed by atoms with Gasteiger partial charge >= 0.3 is 0 Å². The Morgan fingerprint density at radius 2 is 2.02 bits per heavy atom. The monoisotopic (exact) mass is 654 g/mol. The molecule has 3 rings (SSSR count). The second-order valence-corrected chi connectivity index (χ2v) is 14.2. The SMILES string of the molecule is C=C(/C=C/C=C(/CO)[C@@H]1CC[C@]2([C@@H]1O)[C@@H]1C(=C(C)C=O)[C@@H](C=C[C@H]1CCO)C[C@]2(O)CCNC)CC/C=C(\C)CN[C@H](C)CCOC. The normalized spacial score (nSPS) is 32.7. The van der Waals surface area contributed by atoms with Gasteiger partial charge in [-0.15, -0.1) is 0 Å². The van der Waals surface area contributed by atoms with Crippen LogP contribution in [0.2, 0.25) is 0 Å². The Bertz CT molecular complexity index is 1200. The van der Waals surface area contributed by atoms with Crippen LogP contribution in [0.5, 0.6) is 0 Å². The maximum Gasteiger partial charge on any atom is 0.145 e. The summed E-state index contributed by atoms with van der Waals surface area (Å²) >= 11 is 0. The average molecular weight is 655 g/mol. The first-order valence-corrected chi connectivity index (χ1v) is 17.6. The van der Waals surface area contributed by atoms with Gasteiger partial charge in [0.05, 0.1) is 18.3 Å². The van der Waals surface area contributed by atoms with Crippen molar-refractivity contribution in [1.29, 1.82) is 0 Å². The number of fused-ring (bicyclic) bond motifs is 3. The minimum atomic E-state index is -1.20. The number of nitrogens with one attached hydrogen (secondary N) is 2. The number of methoxy groups -OCH3 is 1. The minimum absolute atomic E-state index is 0.0229. The van der Waals surface area contributed by atoms with E-state index in [1.165, 1.54) is 5.57 Å². The standard InChI is InChI=1S/C39H62N2O6/c1-27(9-7-11-28(2)24-41-30(4)17-22-47-6)10-8-12-33(26-44)34-15-18-39(37(34)45)36-31(16-21-42)13-14-32(35(36)29(3)25-43)23-38(39,46)19-20-40-5/h8,10-14,25,30-32,34,36-37,40-42,44-46H,1,7,9,15-24,26H2,2-6H3/b10-8+,28-11+,33-12-,35-29?/t30-,31+,32+,34+,36+,37-,38-,39-/m1/s1. The number of rotatable bonds is 19. The van der Waals surface area contributed by atoms with Gasteiger partial charge in [0.25, 0.3) is 0 Å². The van der Waals surface area contributed by atoms with Crippen molar-refractivity contribution in [2.75, 3.05) is 47.1 Å². The van der Waals surface area contributed by atoms with Crippen molar-refractivity contribution in [1.82, 2.24) is 10.6 Å². The van der Waals surface area contributed by atoms with E-state index < -0.39 is 17.1 Å². The first-order valence-electron chi connectivity index (χ1n) is 17.6. The number of hydrogen-bond donors (Lipinski definition) is 6. The summed E-state index contributed by atoms with van der Waals surface area (Å²) in [6.45, 7) is 12.3. The molecule has 0 radical (unpaired) electrons. The number of hydrogen-bond acceptors (Lipinski definition) is 8. The summed E-state index contributed by atoms with van der Waals surface area (Å²) in [5.41, 5.74) is 2.50. The second-order valence-electron chi connectivity index (χ2n) is 14.2. The highest BCUT2D eigenvalue weighted by Gasteiger charge is 2.68. The highest BCUT2D eigenvalue weighted by Crippen LogP contribution is 2.67. The van der Waals surface area contributed by atoms with Crippen molar-refractivity contribution in [3.05, 3.63) is 70.9 Å². The number of aldehydes is 1. The fourth-order valence-electron chi connectivity index (χ4n) is 8.61. The van der Waals surface area contributed by atoms with Crippen molar-refractivity contribution in [2.24, 2.45) is 29.1 Å². The maximum absolute atomic E-state index is 12.6. The molecular formula is C39H62N2O6. The molecular weight excluding hydrogens is 592 g/mol. The molecule has 1 spiro atoms. The maximum atomic E-state index is 12.6. The van der Waals surface area contributed by atoms with Gasteiger partial charge in [-0.25, -0.2) is 0 Å². The third-order valence-electron chi connectivity index (χ3n) is 11.1. The van der Waals surface area contributed by atoms with Crippen LogP contribution in [-0.2, 0) is 9.53 Å². The molecule has 2 bridgehead atoms. The Morgan fingerprint density at radius 1 is 1.26 bits per heavy atom. The van der Waals surface area contributed by atoms with Crippen LogP contribution in [0, 0.1) is 29.1 Å². The predicted molar refractivity (Wildman–Crippen MR) is 190 cm³/mol. The molecule has 3 aliphatic rings. The molecule has 8 atom stereocenters. The zero-order valence-electron chi connectivity index (χ0n) is 29.5. The van der Waals surface area contributed by atoms with E-state index in [1.54, 1.807) is 7.11 Å². The topological polar surface area (TPSA) is 131 Å². The van der Waals surface area contributed by atoms with Crippen LogP contribution in [0.3, 0.4) is 0 Å². The lowest BCUT2D eigenvalue weighted by molar-refractivity contribution is -0.194. The first-order chi connectivity index (χ1) is 22.5. The molecule has 0 aromatic heterocycles. The quantitative estimate of drug-likeness (QED) is 0.0517. The van der Waals surface area contributed by atoms with Gasteiger partial charge in [0.2, 0.25) is 0 Å². The molecule has 0 unspecified atom stereocenters. The van der Waals surface area contributed by atoms with Crippen LogP contribution in [-0.4, -0.2) is 91.5 Å². The lowest BCUT2D eigenvalue weighted by Crippen LogP contribution is -2.65. The number of carbonyl (C=O) groups is 1.